The molecule has 1 aromatic rings. The summed E-state index contributed by atoms with van der Waals surface area (Å²) in [6.45, 7) is 1.12. The monoisotopic (exact) mass is 268 g/mol. The van der Waals surface area contributed by atoms with Crippen LogP contribution < -0.4 is 11.1 Å². The number of primary amides is 1. The van der Waals surface area contributed by atoms with Crippen LogP contribution in [0.25, 0.3) is 0 Å². The largest absolute Gasteiger partial charge is 0.396 e. The zero-order chi connectivity index (χ0) is 13.2. The van der Waals surface area contributed by atoms with E-state index in [-0.39, 0.29) is 12.5 Å². The number of anilines is 1. The number of rotatable bonds is 9. The van der Waals surface area contributed by atoms with Crippen LogP contribution >= 0.6 is 11.8 Å². The summed E-state index contributed by atoms with van der Waals surface area (Å²) >= 11 is 1.45. The summed E-state index contributed by atoms with van der Waals surface area (Å²) in [6, 6.07) is 7.88. The number of aliphatic hydroxyl groups excluding tert-OH is 1. The lowest BCUT2D eigenvalue weighted by molar-refractivity contribution is -0.115. The standard InChI is InChI=1S/C13H20N2O2S/c14-13(17)10-18-12-7-3-2-6-11(12)15-8-4-1-5-9-16/h2-3,6-7,15-16H,1,4-5,8-10H2,(H2,14,17). The van der Waals surface area contributed by atoms with Gasteiger partial charge in [0, 0.05) is 23.7 Å². The van der Waals surface area contributed by atoms with Gasteiger partial charge in [0.2, 0.25) is 5.91 Å². The molecule has 1 amide bonds. The van der Waals surface area contributed by atoms with Crippen molar-refractivity contribution in [3.05, 3.63) is 24.3 Å². The molecule has 0 bridgehead atoms. The molecule has 4 nitrogen and oxygen atoms in total. The van der Waals surface area contributed by atoms with Crippen LogP contribution in [0.15, 0.2) is 29.2 Å². The van der Waals surface area contributed by atoms with Gasteiger partial charge in [-0.25, -0.2) is 0 Å². The van der Waals surface area contributed by atoms with E-state index in [0.717, 1.165) is 36.4 Å². The molecule has 0 spiro atoms. The van der Waals surface area contributed by atoms with Crippen LogP contribution in [0.1, 0.15) is 19.3 Å². The highest BCUT2D eigenvalue weighted by Gasteiger charge is 2.03. The number of thioether (sulfide) groups is 1. The molecule has 0 unspecified atom stereocenters. The molecule has 18 heavy (non-hydrogen) atoms. The van der Waals surface area contributed by atoms with Gasteiger partial charge in [0.05, 0.1) is 5.75 Å². The number of hydrogen-bond donors (Lipinski definition) is 3. The summed E-state index contributed by atoms with van der Waals surface area (Å²) < 4.78 is 0. The fourth-order valence-corrected chi connectivity index (χ4v) is 2.29. The lowest BCUT2D eigenvalue weighted by Gasteiger charge is -2.10. The molecule has 0 saturated heterocycles. The number of nitrogens with two attached hydrogens (primary N) is 1. The fraction of sp³-hybridized carbons (Fsp3) is 0.462. The highest BCUT2D eigenvalue weighted by Crippen LogP contribution is 2.26. The first kappa shape index (κ1) is 14.9. The van der Waals surface area contributed by atoms with Crippen molar-refractivity contribution in [1.29, 1.82) is 0 Å². The molecule has 0 fully saturated rings. The van der Waals surface area contributed by atoms with Gasteiger partial charge in [0.15, 0.2) is 0 Å². The minimum atomic E-state index is -0.308. The molecular weight excluding hydrogens is 248 g/mol. The van der Waals surface area contributed by atoms with Crippen molar-refractivity contribution in [3.63, 3.8) is 0 Å². The molecule has 0 aliphatic rings. The van der Waals surface area contributed by atoms with E-state index in [1.807, 2.05) is 24.3 Å². The van der Waals surface area contributed by atoms with Crippen molar-refractivity contribution < 1.29 is 9.90 Å². The SMILES string of the molecule is NC(=O)CSc1ccccc1NCCCCCO. The van der Waals surface area contributed by atoms with Gasteiger partial charge in [0.1, 0.15) is 0 Å². The van der Waals surface area contributed by atoms with E-state index >= 15 is 0 Å². The molecule has 0 heterocycles. The predicted octanol–water partition coefficient (Wildman–Crippen LogP) is 1.84. The quantitative estimate of drug-likeness (QED) is 0.472. The first-order valence-electron chi connectivity index (χ1n) is 6.09. The second kappa shape index (κ2) is 8.83. The Morgan fingerprint density at radius 3 is 2.78 bits per heavy atom. The Hall–Kier alpha value is -1.20. The van der Waals surface area contributed by atoms with Crippen LogP contribution in [-0.4, -0.2) is 29.9 Å². The normalized spacial score (nSPS) is 10.3. The fourth-order valence-electron chi connectivity index (χ4n) is 1.52. The second-order valence-corrected chi connectivity index (χ2v) is 4.98. The highest BCUT2D eigenvalue weighted by atomic mass is 32.2. The van der Waals surface area contributed by atoms with Crippen molar-refractivity contribution in [3.8, 4) is 0 Å². The van der Waals surface area contributed by atoms with Crippen molar-refractivity contribution in [2.45, 2.75) is 24.2 Å². The van der Waals surface area contributed by atoms with Crippen molar-refractivity contribution in [1.82, 2.24) is 0 Å². The van der Waals surface area contributed by atoms with E-state index in [2.05, 4.69) is 5.32 Å². The molecule has 5 heteroatoms. The summed E-state index contributed by atoms with van der Waals surface area (Å²) in [5.41, 5.74) is 6.18. The van der Waals surface area contributed by atoms with Gasteiger partial charge >= 0.3 is 0 Å². The maximum Gasteiger partial charge on any atom is 0.227 e. The number of para-hydroxylation sites is 1. The average molecular weight is 268 g/mol. The Morgan fingerprint density at radius 2 is 2.06 bits per heavy atom. The summed E-state index contributed by atoms with van der Waals surface area (Å²) in [5.74, 6) is -0.0128. The number of carbonyl (C=O) groups excluding carboxylic acids is 1. The molecule has 0 aliphatic heterocycles. The molecule has 0 aromatic heterocycles. The van der Waals surface area contributed by atoms with E-state index < -0.39 is 0 Å². The highest BCUT2D eigenvalue weighted by molar-refractivity contribution is 8.00. The third-order valence-electron chi connectivity index (χ3n) is 2.41. The molecule has 100 valence electrons. The van der Waals surface area contributed by atoms with Gasteiger partial charge < -0.3 is 16.2 Å². The van der Waals surface area contributed by atoms with Gasteiger partial charge in [-0.2, -0.15) is 0 Å². The van der Waals surface area contributed by atoms with Crippen molar-refractivity contribution in [2.75, 3.05) is 24.2 Å². The first-order chi connectivity index (χ1) is 8.74. The van der Waals surface area contributed by atoms with Crippen LogP contribution in [-0.2, 0) is 4.79 Å². The average Bonchev–Trinajstić information content (AvgIpc) is 2.37. The molecular formula is C13H20N2O2S. The van der Waals surface area contributed by atoms with Crippen molar-refractivity contribution in [2.24, 2.45) is 5.73 Å². The third kappa shape index (κ3) is 5.93. The molecule has 4 N–H and O–H groups in total. The Morgan fingerprint density at radius 1 is 1.28 bits per heavy atom. The van der Waals surface area contributed by atoms with Gasteiger partial charge in [-0.15, -0.1) is 11.8 Å². The smallest absolute Gasteiger partial charge is 0.227 e. The summed E-state index contributed by atoms with van der Waals surface area (Å²) in [6.07, 6.45) is 2.88. The number of aliphatic hydroxyl groups is 1. The number of benzene rings is 1. The third-order valence-corrected chi connectivity index (χ3v) is 3.50. The Bertz CT molecular complexity index is 372. The van der Waals surface area contributed by atoms with E-state index in [1.165, 1.54) is 11.8 Å². The zero-order valence-corrected chi connectivity index (χ0v) is 11.2. The minimum absolute atomic E-state index is 0.255. The van der Waals surface area contributed by atoms with E-state index in [1.54, 1.807) is 0 Å². The van der Waals surface area contributed by atoms with Gasteiger partial charge in [-0.3, -0.25) is 4.79 Å². The van der Waals surface area contributed by atoms with Gasteiger partial charge in [0.25, 0.3) is 0 Å². The molecule has 1 rings (SSSR count). The summed E-state index contributed by atoms with van der Waals surface area (Å²) in [4.78, 5) is 11.8. The van der Waals surface area contributed by atoms with Gasteiger partial charge in [-0.05, 0) is 31.4 Å². The number of unbranched alkanes of at least 4 members (excludes halogenated alkanes) is 2. The number of amides is 1. The Kier molecular flexibility index (Phi) is 7.29. The Balaban J connectivity index is 2.41. The predicted molar refractivity (Wildman–Crippen MR) is 75.8 cm³/mol. The second-order valence-electron chi connectivity index (χ2n) is 3.96. The summed E-state index contributed by atoms with van der Waals surface area (Å²) in [7, 11) is 0. The number of carbonyl (C=O) groups is 1. The van der Waals surface area contributed by atoms with Crippen molar-refractivity contribution >= 4 is 23.4 Å². The summed E-state index contributed by atoms with van der Waals surface area (Å²) in [5, 5.41) is 12.0. The first-order valence-corrected chi connectivity index (χ1v) is 7.07. The zero-order valence-electron chi connectivity index (χ0n) is 10.4. The van der Waals surface area contributed by atoms with Gasteiger partial charge in [-0.1, -0.05) is 12.1 Å². The molecule has 0 atom stereocenters. The number of nitrogens with one attached hydrogen (secondary N) is 1. The van der Waals surface area contributed by atoms with E-state index in [4.69, 9.17) is 10.8 Å². The molecule has 1 aromatic carbocycles. The minimum Gasteiger partial charge on any atom is -0.396 e. The van der Waals surface area contributed by atoms with Crippen LogP contribution in [0.4, 0.5) is 5.69 Å². The molecule has 0 saturated carbocycles. The maximum atomic E-state index is 10.8. The maximum absolute atomic E-state index is 10.8. The lowest BCUT2D eigenvalue weighted by Crippen LogP contribution is -2.13. The van der Waals surface area contributed by atoms with Crippen LogP contribution in [0.3, 0.4) is 0 Å². The van der Waals surface area contributed by atoms with Crippen LogP contribution in [0.5, 0.6) is 0 Å². The van der Waals surface area contributed by atoms with Crippen LogP contribution in [0, 0.1) is 0 Å². The molecule has 0 aliphatic carbocycles. The molecule has 0 radical (unpaired) electrons. The topological polar surface area (TPSA) is 75.4 Å². The van der Waals surface area contributed by atoms with Crippen LogP contribution in [0.2, 0.25) is 0 Å². The number of hydrogen-bond acceptors (Lipinski definition) is 4. The van der Waals surface area contributed by atoms with E-state index in [0.29, 0.717) is 5.75 Å². The Labute approximate surface area is 112 Å². The van der Waals surface area contributed by atoms with E-state index in [9.17, 15) is 4.79 Å². The lowest BCUT2D eigenvalue weighted by atomic mass is 10.2.